The summed E-state index contributed by atoms with van der Waals surface area (Å²) in [6.45, 7) is 4.52. The smallest absolute Gasteiger partial charge is 0.277 e. The summed E-state index contributed by atoms with van der Waals surface area (Å²) in [5, 5.41) is 16.9. The third kappa shape index (κ3) is 4.49. The lowest BCUT2D eigenvalue weighted by atomic mass is 10.0. The molecular formula is C21H22N6O2. The molecule has 29 heavy (non-hydrogen) atoms. The number of hydrogen-bond donors (Lipinski definition) is 3. The van der Waals surface area contributed by atoms with E-state index in [0.717, 1.165) is 25.2 Å². The van der Waals surface area contributed by atoms with Crippen molar-refractivity contribution in [2.45, 2.75) is 13.5 Å². The molecule has 0 aliphatic carbocycles. The van der Waals surface area contributed by atoms with Gasteiger partial charge in [-0.15, -0.1) is 5.10 Å². The SMILES string of the molecule is Cc1ccc(C(=O)Nc2ccccc2)cc1NC(=O)c1cn(CC2CNC2)nn1. The Labute approximate surface area is 168 Å². The zero-order chi connectivity index (χ0) is 20.2. The maximum absolute atomic E-state index is 12.6. The molecule has 3 aromatic rings. The first kappa shape index (κ1) is 18.8. The number of aromatic nitrogens is 3. The van der Waals surface area contributed by atoms with Crippen LogP contribution in [-0.4, -0.2) is 39.9 Å². The molecule has 148 valence electrons. The van der Waals surface area contributed by atoms with Gasteiger partial charge in [-0.25, -0.2) is 0 Å². The van der Waals surface area contributed by atoms with Gasteiger partial charge in [-0.1, -0.05) is 29.5 Å². The van der Waals surface area contributed by atoms with Gasteiger partial charge in [0.15, 0.2) is 5.69 Å². The Morgan fingerprint density at radius 2 is 1.90 bits per heavy atom. The number of amides is 2. The van der Waals surface area contributed by atoms with Crippen LogP contribution in [0.5, 0.6) is 0 Å². The molecular weight excluding hydrogens is 368 g/mol. The molecule has 0 unspecified atom stereocenters. The second-order valence-corrected chi connectivity index (χ2v) is 7.15. The molecule has 2 heterocycles. The van der Waals surface area contributed by atoms with Crippen molar-refractivity contribution < 1.29 is 9.59 Å². The lowest BCUT2D eigenvalue weighted by Crippen LogP contribution is -2.44. The van der Waals surface area contributed by atoms with Gasteiger partial charge in [-0.3, -0.25) is 14.3 Å². The van der Waals surface area contributed by atoms with E-state index >= 15 is 0 Å². The molecule has 0 saturated carbocycles. The van der Waals surface area contributed by atoms with Crippen molar-refractivity contribution in [1.82, 2.24) is 20.3 Å². The topological polar surface area (TPSA) is 101 Å². The number of nitrogens with zero attached hydrogens (tertiary/aromatic N) is 3. The monoisotopic (exact) mass is 390 g/mol. The van der Waals surface area contributed by atoms with E-state index in [2.05, 4.69) is 26.3 Å². The summed E-state index contributed by atoms with van der Waals surface area (Å²) in [5.41, 5.74) is 2.82. The van der Waals surface area contributed by atoms with Crippen LogP contribution >= 0.6 is 0 Å². The number of nitrogens with one attached hydrogen (secondary N) is 3. The largest absolute Gasteiger partial charge is 0.322 e. The first-order chi connectivity index (χ1) is 14.1. The fraction of sp³-hybridized carbons (Fsp3) is 0.238. The van der Waals surface area contributed by atoms with Gasteiger partial charge in [0, 0.05) is 42.5 Å². The van der Waals surface area contributed by atoms with Gasteiger partial charge in [-0.2, -0.15) is 0 Å². The van der Waals surface area contributed by atoms with Crippen LogP contribution in [0.1, 0.15) is 26.4 Å². The van der Waals surface area contributed by atoms with Gasteiger partial charge in [0.1, 0.15) is 0 Å². The minimum atomic E-state index is -0.355. The highest BCUT2D eigenvalue weighted by molar-refractivity contribution is 6.07. The van der Waals surface area contributed by atoms with E-state index in [1.165, 1.54) is 0 Å². The van der Waals surface area contributed by atoms with E-state index in [0.29, 0.717) is 22.9 Å². The van der Waals surface area contributed by atoms with E-state index in [4.69, 9.17) is 0 Å². The molecule has 0 radical (unpaired) electrons. The average molecular weight is 390 g/mol. The van der Waals surface area contributed by atoms with E-state index in [1.54, 1.807) is 29.1 Å². The van der Waals surface area contributed by atoms with E-state index in [9.17, 15) is 9.59 Å². The summed E-state index contributed by atoms with van der Waals surface area (Å²) >= 11 is 0. The Morgan fingerprint density at radius 1 is 1.10 bits per heavy atom. The maximum atomic E-state index is 12.6. The molecule has 1 fully saturated rings. The summed E-state index contributed by atoms with van der Waals surface area (Å²) in [6, 6.07) is 14.4. The normalized spacial score (nSPS) is 13.6. The third-order valence-electron chi connectivity index (χ3n) is 4.86. The van der Waals surface area contributed by atoms with Gasteiger partial charge < -0.3 is 16.0 Å². The van der Waals surface area contributed by atoms with Crippen LogP contribution in [0.2, 0.25) is 0 Å². The van der Waals surface area contributed by atoms with Gasteiger partial charge in [0.05, 0.1) is 6.20 Å². The number of benzene rings is 2. The number of hydrogen-bond acceptors (Lipinski definition) is 5. The first-order valence-corrected chi connectivity index (χ1v) is 9.48. The van der Waals surface area contributed by atoms with Crippen LogP contribution in [0.4, 0.5) is 11.4 Å². The summed E-state index contributed by atoms with van der Waals surface area (Å²) in [4.78, 5) is 25.1. The van der Waals surface area contributed by atoms with E-state index in [1.807, 2.05) is 37.3 Å². The summed E-state index contributed by atoms with van der Waals surface area (Å²) in [6.07, 6.45) is 1.65. The highest BCUT2D eigenvalue weighted by Crippen LogP contribution is 2.19. The molecule has 4 rings (SSSR count). The molecule has 1 aliphatic rings. The molecule has 1 saturated heterocycles. The van der Waals surface area contributed by atoms with Gasteiger partial charge in [-0.05, 0) is 36.8 Å². The molecule has 8 nitrogen and oxygen atoms in total. The van der Waals surface area contributed by atoms with Crippen molar-refractivity contribution in [3.05, 3.63) is 71.5 Å². The van der Waals surface area contributed by atoms with Gasteiger partial charge >= 0.3 is 0 Å². The standard InChI is InChI=1S/C21H22N6O2/c1-14-7-8-16(20(28)23-17-5-3-2-4-6-17)9-18(14)24-21(29)19-13-27(26-25-19)12-15-10-22-11-15/h2-9,13,15,22H,10-12H2,1H3,(H,23,28)(H,24,29). The molecule has 1 aliphatic heterocycles. The summed E-state index contributed by atoms with van der Waals surface area (Å²) in [5.74, 6) is -0.0758. The van der Waals surface area contributed by atoms with Crippen molar-refractivity contribution >= 4 is 23.2 Å². The predicted octanol–water partition coefficient (Wildman–Crippen LogP) is 2.31. The number of para-hydroxylation sites is 1. The van der Waals surface area contributed by atoms with E-state index in [-0.39, 0.29) is 17.5 Å². The minimum Gasteiger partial charge on any atom is -0.322 e. The number of anilines is 2. The van der Waals surface area contributed by atoms with Crippen molar-refractivity contribution in [1.29, 1.82) is 0 Å². The van der Waals surface area contributed by atoms with Crippen molar-refractivity contribution in [2.24, 2.45) is 5.92 Å². The Hall–Kier alpha value is -3.52. The molecule has 0 atom stereocenters. The predicted molar refractivity (Wildman–Crippen MR) is 110 cm³/mol. The highest BCUT2D eigenvalue weighted by atomic mass is 16.2. The fourth-order valence-corrected chi connectivity index (χ4v) is 3.04. The van der Waals surface area contributed by atoms with Crippen LogP contribution in [-0.2, 0) is 6.54 Å². The Morgan fingerprint density at radius 3 is 2.62 bits per heavy atom. The minimum absolute atomic E-state index is 0.244. The van der Waals surface area contributed by atoms with Crippen LogP contribution < -0.4 is 16.0 Å². The second kappa shape index (κ2) is 8.24. The van der Waals surface area contributed by atoms with Gasteiger partial charge in [0.2, 0.25) is 0 Å². The maximum Gasteiger partial charge on any atom is 0.277 e. The summed E-state index contributed by atoms with van der Waals surface area (Å²) < 4.78 is 1.69. The second-order valence-electron chi connectivity index (χ2n) is 7.15. The molecule has 2 amide bonds. The molecule has 0 bridgehead atoms. The van der Waals surface area contributed by atoms with Crippen molar-refractivity contribution in [3.63, 3.8) is 0 Å². The quantitative estimate of drug-likeness (QED) is 0.600. The van der Waals surface area contributed by atoms with E-state index < -0.39 is 0 Å². The van der Waals surface area contributed by atoms with Crippen molar-refractivity contribution in [2.75, 3.05) is 23.7 Å². The van der Waals surface area contributed by atoms with Crippen LogP contribution in [0.25, 0.3) is 0 Å². The molecule has 2 aromatic carbocycles. The fourth-order valence-electron chi connectivity index (χ4n) is 3.04. The average Bonchev–Trinajstić information content (AvgIpc) is 3.16. The molecule has 0 spiro atoms. The first-order valence-electron chi connectivity index (χ1n) is 9.48. The lowest BCUT2D eigenvalue weighted by Gasteiger charge is -2.26. The lowest BCUT2D eigenvalue weighted by molar-refractivity contribution is 0.101. The molecule has 8 heteroatoms. The zero-order valence-electron chi connectivity index (χ0n) is 16.1. The zero-order valence-corrected chi connectivity index (χ0v) is 16.1. The molecule has 3 N–H and O–H groups in total. The third-order valence-corrected chi connectivity index (χ3v) is 4.86. The number of rotatable bonds is 6. The van der Waals surface area contributed by atoms with Crippen molar-refractivity contribution in [3.8, 4) is 0 Å². The van der Waals surface area contributed by atoms with Crippen LogP contribution in [0.3, 0.4) is 0 Å². The number of carbonyl (C=O) groups excluding carboxylic acids is 2. The van der Waals surface area contributed by atoms with Crippen LogP contribution in [0, 0.1) is 12.8 Å². The van der Waals surface area contributed by atoms with Gasteiger partial charge in [0.25, 0.3) is 11.8 Å². The Kier molecular flexibility index (Phi) is 5.35. The molecule has 1 aromatic heterocycles. The number of aryl methyl sites for hydroxylation is 1. The van der Waals surface area contributed by atoms with Crippen LogP contribution in [0.15, 0.2) is 54.7 Å². The summed E-state index contributed by atoms with van der Waals surface area (Å²) in [7, 11) is 0. The Bertz CT molecular complexity index is 1030. The number of carbonyl (C=O) groups is 2. The highest BCUT2D eigenvalue weighted by Gasteiger charge is 2.19. The Balaban J connectivity index is 1.44.